The van der Waals surface area contributed by atoms with Gasteiger partial charge < -0.3 is 10.6 Å². The predicted octanol–water partition coefficient (Wildman–Crippen LogP) is 6.73. The normalized spacial score (nSPS) is 11.6. The number of anilines is 1. The van der Waals surface area contributed by atoms with Crippen molar-refractivity contribution >= 4 is 34.8 Å². The fourth-order valence-electron chi connectivity index (χ4n) is 3.07. The van der Waals surface area contributed by atoms with Crippen molar-refractivity contribution in [1.29, 1.82) is 0 Å². The number of hydrogen-bond acceptors (Lipinski definition) is 2. The van der Waals surface area contributed by atoms with Crippen molar-refractivity contribution in [2.45, 2.75) is 37.0 Å². The van der Waals surface area contributed by atoms with E-state index >= 15 is 0 Å². The summed E-state index contributed by atoms with van der Waals surface area (Å²) in [6.07, 6.45) is 0.975. The number of benzene rings is 3. The maximum Gasteiger partial charge on any atom is 0.171 e. The number of aryl methyl sites for hydroxylation is 1. The lowest BCUT2D eigenvalue weighted by atomic mass is 10.00. The van der Waals surface area contributed by atoms with Crippen molar-refractivity contribution < 1.29 is 0 Å². The van der Waals surface area contributed by atoms with E-state index in [4.69, 9.17) is 12.2 Å². The van der Waals surface area contributed by atoms with Gasteiger partial charge in [0.15, 0.2) is 5.11 Å². The number of rotatable bonds is 7. The summed E-state index contributed by atoms with van der Waals surface area (Å²) in [5.74, 6) is 0.957. The highest BCUT2D eigenvalue weighted by molar-refractivity contribution is 7.98. The maximum atomic E-state index is 5.54. The summed E-state index contributed by atoms with van der Waals surface area (Å²) in [6.45, 7) is 4.31. The summed E-state index contributed by atoms with van der Waals surface area (Å²) >= 11 is 7.39. The van der Waals surface area contributed by atoms with Crippen LogP contribution in [0.15, 0.2) is 83.8 Å². The van der Waals surface area contributed by atoms with Gasteiger partial charge in [-0.25, -0.2) is 0 Å². The largest absolute Gasteiger partial charge is 0.356 e. The third kappa shape index (κ3) is 5.85. The summed E-state index contributed by atoms with van der Waals surface area (Å²) in [7, 11) is 0. The van der Waals surface area contributed by atoms with Gasteiger partial charge in [0.25, 0.3) is 0 Å². The van der Waals surface area contributed by atoms with E-state index in [-0.39, 0.29) is 6.04 Å². The second-order valence-corrected chi connectivity index (χ2v) is 8.17. The Hall–Kier alpha value is -2.30. The van der Waals surface area contributed by atoms with E-state index in [1.165, 1.54) is 21.6 Å². The molecule has 3 aromatic carbocycles. The lowest BCUT2D eigenvalue weighted by molar-refractivity contribution is 0.625. The average molecular weight is 407 g/mol. The first-order chi connectivity index (χ1) is 13.7. The second-order valence-electron chi connectivity index (χ2n) is 6.71. The van der Waals surface area contributed by atoms with Crippen molar-refractivity contribution in [2.24, 2.45) is 0 Å². The number of thioether (sulfide) groups is 1. The molecule has 0 spiro atoms. The molecule has 1 atom stereocenters. The molecule has 0 fully saturated rings. The Labute approximate surface area is 177 Å². The first kappa shape index (κ1) is 20.4. The Morgan fingerprint density at radius 1 is 0.929 bits per heavy atom. The van der Waals surface area contributed by atoms with Gasteiger partial charge >= 0.3 is 0 Å². The van der Waals surface area contributed by atoms with Gasteiger partial charge in [-0.3, -0.25) is 0 Å². The highest BCUT2D eigenvalue weighted by Gasteiger charge is 2.12. The summed E-state index contributed by atoms with van der Waals surface area (Å²) in [6, 6.07) is 27.6. The average Bonchev–Trinajstić information content (AvgIpc) is 2.73. The van der Waals surface area contributed by atoms with E-state index in [0.717, 1.165) is 17.9 Å². The van der Waals surface area contributed by atoms with Crippen LogP contribution in [0, 0.1) is 6.92 Å². The molecule has 0 bridgehead atoms. The Balaban J connectivity index is 1.54. The Bertz CT molecular complexity index is 892. The van der Waals surface area contributed by atoms with E-state index in [9.17, 15) is 0 Å². The van der Waals surface area contributed by atoms with Gasteiger partial charge in [0, 0.05) is 16.3 Å². The molecule has 2 nitrogen and oxygen atoms in total. The third-order valence-corrected chi connectivity index (χ3v) is 5.94. The molecule has 3 aromatic rings. The number of nitrogens with one attached hydrogen (secondary N) is 2. The fourth-order valence-corrected chi connectivity index (χ4v) is 4.21. The fraction of sp³-hybridized carbons (Fsp3) is 0.208. The Morgan fingerprint density at radius 3 is 2.29 bits per heavy atom. The van der Waals surface area contributed by atoms with E-state index in [0.29, 0.717) is 5.11 Å². The molecule has 0 aliphatic heterocycles. The molecule has 0 unspecified atom stereocenters. The quantitative estimate of drug-likeness (QED) is 0.336. The molecular formula is C24H26N2S2. The van der Waals surface area contributed by atoms with Gasteiger partial charge in [-0.15, -0.1) is 11.8 Å². The van der Waals surface area contributed by atoms with Gasteiger partial charge in [-0.2, -0.15) is 0 Å². The van der Waals surface area contributed by atoms with Gasteiger partial charge in [-0.05, 0) is 66.5 Å². The van der Waals surface area contributed by atoms with Crippen LogP contribution in [0.1, 0.15) is 36.1 Å². The van der Waals surface area contributed by atoms with Crippen molar-refractivity contribution in [3.05, 3.63) is 95.6 Å². The van der Waals surface area contributed by atoms with Crippen LogP contribution in [0.4, 0.5) is 5.69 Å². The van der Waals surface area contributed by atoms with Gasteiger partial charge in [0.1, 0.15) is 0 Å². The van der Waals surface area contributed by atoms with Crippen LogP contribution in [0.5, 0.6) is 0 Å². The molecule has 0 radical (unpaired) electrons. The molecule has 2 N–H and O–H groups in total. The third-order valence-electron chi connectivity index (χ3n) is 4.64. The van der Waals surface area contributed by atoms with Crippen molar-refractivity contribution in [3.63, 3.8) is 0 Å². The zero-order valence-electron chi connectivity index (χ0n) is 16.3. The van der Waals surface area contributed by atoms with E-state index in [2.05, 4.69) is 97.3 Å². The molecule has 0 aliphatic rings. The molecule has 0 saturated heterocycles. The monoisotopic (exact) mass is 406 g/mol. The van der Waals surface area contributed by atoms with Crippen LogP contribution >= 0.6 is 24.0 Å². The topological polar surface area (TPSA) is 24.1 Å². The van der Waals surface area contributed by atoms with E-state index in [1.807, 2.05) is 17.8 Å². The second kappa shape index (κ2) is 10.3. The lowest BCUT2D eigenvalue weighted by Crippen LogP contribution is -2.32. The summed E-state index contributed by atoms with van der Waals surface area (Å²) in [5, 5.41) is 7.41. The molecule has 0 aromatic heterocycles. The zero-order chi connectivity index (χ0) is 19.8. The standard InChI is InChI=1S/C24H26N2S2/c1-3-23(22-12-8-7-9-18(22)2)26-24(27)25-20-15-13-19(14-16-20)17-28-21-10-5-4-6-11-21/h4-16,23H,3,17H2,1-2H3,(H2,25,26,27)/t23-/m0/s1. The summed E-state index contributed by atoms with van der Waals surface area (Å²) in [4.78, 5) is 1.29. The Morgan fingerprint density at radius 2 is 1.61 bits per heavy atom. The van der Waals surface area contributed by atoms with Gasteiger partial charge in [0.05, 0.1) is 6.04 Å². The van der Waals surface area contributed by atoms with Gasteiger partial charge in [0.2, 0.25) is 0 Å². The van der Waals surface area contributed by atoms with Gasteiger partial charge in [-0.1, -0.05) is 61.5 Å². The van der Waals surface area contributed by atoms with Crippen LogP contribution in [0.2, 0.25) is 0 Å². The summed E-state index contributed by atoms with van der Waals surface area (Å²) in [5.41, 5.74) is 4.88. The van der Waals surface area contributed by atoms with Crippen LogP contribution < -0.4 is 10.6 Å². The molecule has 0 saturated carbocycles. The molecule has 4 heteroatoms. The SMILES string of the molecule is CC[C@H](NC(=S)Nc1ccc(CSc2ccccc2)cc1)c1ccccc1C. The number of hydrogen-bond donors (Lipinski definition) is 2. The lowest BCUT2D eigenvalue weighted by Gasteiger charge is -2.21. The van der Waals surface area contributed by atoms with E-state index < -0.39 is 0 Å². The zero-order valence-corrected chi connectivity index (χ0v) is 17.9. The van der Waals surface area contributed by atoms with Crippen molar-refractivity contribution in [3.8, 4) is 0 Å². The van der Waals surface area contributed by atoms with Crippen molar-refractivity contribution in [2.75, 3.05) is 5.32 Å². The van der Waals surface area contributed by atoms with E-state index in [1.54, 1.807) is 0 Å². The Kier molecular flexibility index (Phi) is 7.52. The minimum atomic E-state index is 0.211. The molecule has 3 rings (SSSR count). The molecular weight excluding hydrogens is 380 g/mol. The first-order valence-corrected chi connectivity index (χ1v) is 10.9. The van der Waals surface area contributed by atoms with Crippen LogP contribution in [-0.2, 0) is 5.75 Å². The highest BCUT2D eigenvalue weighted by Crippen LogP contribution is 2.23. The summed E-state index contributed by atoms with van der Waals surface area (Å²) < 4.78 is 0. The molecule has 0 amide bonds. The first-order valence-electron chi connectivity index (χ1n) is 9.55. The minimum Gasteiger partial charge on any atom is -0.356 e. The minimum absolute atomic E-state index is 0.211. The maximum absolute atomic E-state index is 5.54. The smallest absolute Gasteiger partial charge is 0.171 e. The molecule has 0 heterocycles. The predicted molar refractivity (Wildman–Crippen MR) is 126 cm³/mol. The van der Waals surface area contributed by atoms with Crippen LogP contribution in [-0.4, -0.2) is 5.11 Å². The molecule has 0 aliphatic carbocycles. The van der Waals surface area contributed by atoms with Crippen molar-refractivity contribution in [1.82, 2.24) is 5.32 Å². The highest BCUT2D eigenvalue weighted by atomic mass is 32.2. The molecule has 144 valence electrons. The number of thiocarbonyl (C=S) groups is 1. The molecule has 28 heavy (non-hydrogen) atoms. The van der Waals surface area contributed by atoms with Crippen LogP contribution in [0.3, 0.4) is 0 Å². The van der Waals surface area contributed by atoms with Crippen LogP contribution in [0.25, 0.3) is 0 Å².